The van der Waals surface area contributed by atoms with Gasteiger partial charge in [-0.05, 0) is 25.5 Å². The molecule has 0 bridgehead atoms. The molecule has 1 saturated heterocycles. The lowest BCUT2D eigenvalue weighted by molar-refractivity contribution is 0.202. The van der Waals surface area contributed by atoms with Gasteiger partial charge in [-0.2, -0.15) is 0 Å². The Morgan fingerprint density at radius 1 is 1.25 bits per heavy atom. The van der Waals surface area contributed by atoms with Crippen LogP contribution in [0.1, 0.15) is 31.5 Å². The Labute approximate surface area is 102 Å². The highest BCUT2D eigenvalue weighted by atomic mass is 35.5. The summed E-state index contributed by atoms with van der Waals surface area (Å²) in [5.74, 6) is 1.62. The number of hydrogen-bond donors (Lipinski definition) is 0. The van der Waals surface area contributed by atoms with Gasteiger partial charge in [-0.15, -0.1) is 11.6 Å². The molecule has 0 N–H and O–H groups in total. The van der Waals surface area contributed by atoms with Crippen LogP contribution in [0.4, 0.5) is 0 Å². The molecular weight excluding hydrogens is 222 g/mol. The molecular formula is C12H18ClN3. The third kappa shape index (κ3) is 3.16. The minimum absolute atomic E-state index is 0.493. The first-order chi connectivity index (χ1) is 7.90. The quantitative estimate of drug-likeness (QED) is 0.759. The molecule has 2 rings (SSSR count). The van der Waals surface area contributed by atoms with E-state index in [0.717, 1.165) is 18.9 Å². The molecule has 16 heavy (non-hydrogen) atoms. The van der Waals surface area contributed by atoms with Crippen molar-refractivity contribution in [2.45, 2.75) is 38.3 Å². The molecule has 1 aliphatic heterocycles. The lowest BCUT2D eigenvalue weighted by Crippen LogP contribution is -2.36. The zero-order valence-electron chi connectivity index (χ0n) is 9.48. The first-order valence-electron chi connectivity index (χ1n) is 5.96. The van der Waals surface area contributed by atoms with Gasteiger partial charge in [-0.1, -0.05) is 12.8 Å². The summed E-state index contributed by atoms with van der Waals surface area (Å²) in [7, 11) is 0. The van der Waals surface area contributed by atoms with Gasteiger partial charge in [0, 0.05) is 24.3 Å². The number of alkyl halides is 1. The van der Waals surface area contributed by atoms with E-state index in [1.165, 1.54) is 25.7 Å². The van der Waals surface area contributed by atoms with Crippen LogP contribution in [0.15, 0.2) is 18.5 Å². The van der Waals surface area contributed by atoms with Crippen LogP contribution in [0.25, 0.3) is 0 Å². The molecule has 88 valence electrons. The van der Waals surface area contributed by atoms with Gasteiger partial charge in [-0.3, -0.25) is 4.90 Å². The Kier molecular flexibility index (Phi) is 4.55. The van der Waals surface area contributed by atoms with Gasteiger partial charge in [0.05, 0.1) is 6.54 Å². The van der Waals surface area contributed by atoms with Crippen molar-refractivity contribution in [2.24, 2.45) is 0 Å². The van der Waals surface area contributed by atoms with E-state index in [1.54, 1.807) is 12.4 Å². The minimum atomic E-state index is 0.493. The van der Waals surface area contributed by atoms with E-state index in [-0.39, 0.29) is 0 Å². The van der Waals surface area contributed by atoms with Crippen LogP contribution < -0.4 is 0 Å². The maximum absolute atomic E-state index is 6.03. The molecule has 2 heterocycles. The average molecular weight is 240 g/mol. The third-order valence-corrected chi connectivity index (χ3v) is 3.50. The van der Waals surface area contributed by atoms with Crippen LogP contribution in [0.3, 0.4) is 0 Å². The van der Waals surface area contributed by atoms with E-state index in [1.807, 2.05) is 6.07 Å². The summed E-state index contributed by atoms with van der Waals surface area (Å²) < 4.78 is 0. The highest BCUT2D eigenvalue weighted by molar-refractivity contribution is 6.18. The van der Waals surface area contributed by atoms with E-state index in [4.69, 9.17) is 11.6 Å². The minimum Gasteiger partial charge on any atom is -0.292 e. The van der Waals surface area contributed by atoms with Gasteiger partial charge in [0.15, 0.2) is 0 Å². The predicted octanol–water partition coefficient (Wildman–Crippen LogP) is 2.46. The van der Waals surface area contributed by atoms with Gasteiger partial charge in [0.2, 0.25) is 0 Å². The fourth-order valence-electron chi connectivity index (χ4n) is 2.21. The van der Waals surface area contributed by atoms with E-state index in [9.17, 15) is 0 Å². The van der Waals surface area contributed by atoms with Crippen LogP contribution in [0.5, 0.6) is 0 Å². The van der Waals surface area contributed by atoms with Crippen molar-refractivity contribution >= 4 is 11.6 Å². The first-order valence-corrected chi connectivity index (χ1v) is 6.49. The van der Waals surface area contributed by atoms with Gasteiger partial charge < -0.3 is 0 Å². The molecule has 4 heteroatoms. The van der Waals surface area contributed by atoms with Crippen molar-refractivity contribution in [1.29, 1.82) is 0 Å². The normalized spacial score (nSPS) is 22.9. The number of nitrogens with zero attached hydrogens (tertiary/aromatic N) is 3. The number of aromatic nitrogens is 2. The maximum Gasteiger partial charge on any atom is 0.142 e. The molecule has 0 spiro atoms. The molecule has 0 radical (unpaired) electrons. The monoisotopic (exact) mass is 239 g/mol. The summed E-state index contributed by atoms with van der Waals surface area (Å²) in [5, 5.41) is 0. The summed E-state index contributed by atoms with van der Waals surface area (Å²) in [6, 6.07) is 2.35. The number of halogens is 1. The second-order valence-electron chi connectivity index (χ2n) is 4.29. The zero-order chi connectivity index (χ0) is 11.2. The second kappa shape index (κ2) is 6.16. The van der Waals surface area contributed by atoms with Crippen LogP contribution in [-0.2, 0) is 6.54 Å². The fraction of sp³-hybridized carbons (Fsp3) is 0.667. The second-order valence-corrected chi connectivity index (χ2v) is 4.60. The molecule has 1 atom stereocenters. The van der Waals surface area contributed by atoms with Crippen LogP contribution >= 0.6 is 11.6 Å². The highest BCUT2D eigenvalue weighted by Gasteiger charge is 2.20. The Morgan fingerprint density at radius 3 is 2.81 bits per heavy atom. The standard InChI is InChI=1S/C12H18ClN3/c13-9-11-5-2-1-3-8-16(11)10-12-14-6-4-7-15-12/h4,6-7,11H,1-3,5,8-10H2. The molecule has 1 unspecified atom stereocenters. The van der Waals surface area contributed by atoms with Crippen molar-refractivity contribution < 1.29 is 0 Å². The number of rotatable bonds is 3. The van der Waals surface area contributed by atoms with Crippen LogP contribution in [-0.4, -0.2) is 33.3 Å². The Bertz CT molecular complexity index is 304. The molecule has 1 fully saturated rings. The lowest BCUT2D eigenvalue weighted by atomic mass is 10.1. The summed E-state index contributed by atoms with van der Waals surface area (Å²) in [4.78, 5) is 11.0. The molecule has 1 aromatic heterocycles. The van der Waals surface area contributed by atoms with Crippen molar-refractivity contribution in [3.63, 3.8) is 0 Å². The van der Waals surface area contributed by atoms with Gasteiger partial charge in [0.25, 0.3) is 0 Å². The largest absolute Gasteiger partial charge is 0.292 e. The van der Waals surface area contributed by atoms with Crippen molar-refractivity contribution in [3.8, 4) is 0 Å². The molecule has 1 aliphatic rings. The molecule has 1 aromatic rings. The average Bonchev–Trinajstić information content (AvgIpc) is 2.55. The SMILES string of the molecule is ClCC1CCCCCN1Cc1ncccn1. The molecule has 0 aliphatic carbocycles. The van der Waals surface area contributed by atoms with Crippen LogP contribution in [0.2, 0.25) is 0 Å². The van der Waals surface area contributed by atoms with E-state index >= 15 is 0 Å². The molecule has 0 saturated carbocycles. The summed E-state index contributed by atoms with van der Waals surface area (Å²) in [5.41, 5.74) is 0. The van der Waals surface area contributed by atoms with Crippen molar-refractivity contribution in [1.82, 2.24) is 14.9 Å². The summed E-state index contributed by atoms with van der Waals surface area (Å²) in [6.07, 6.45) is 8.69. The molecule has 0 aromatic carbocycles. The fourth-order valence-corrected chi connectivity index (χ4v) is 2.56. The van der Waals surface area contributed by atoms with Crippen molar-refractivity contribution in [3.05, 3.63) is 24.3 Å². The first kappa shape index (κ1) is 11.8. The van der Waals surface area contributed by atoms with Gasteiger partial charge in [-0.25, -0.2) is 9.97 Å². The van der Waals surface area contributed by atoms with E-state index < -0.39 is 0 Å². The van der Waals surface area contributed by atoms with Crippen molar-refractivity contribution in [2.75, 3.05) is 12.4 Å². The smallest absolute Gasteiger partial charge is 0.142 e. The van der Waals surface area contributed by atoms with Gasteiger partial charge >= 0.3 is 0 Å². The molecule has 3 nitrogen and oxygen atoms in total. The number of hydrogen-bond acceptors (Lipinski definition) is 3. The Hall–Kier alpha value is -0.670. The molecule has 0 amide bonds. The van der Waals surface area contributed by atoms with E-state index in [2.05, 4.69) is 14.9 Å². The zero-order valence-corrected chi connectivity index (χ0v) is 10.2. The van der Waals surface area contributed by atoms with Gasteiger partial charge in [0.1, 0.15) is 5.82 Å². The maximum atomic E-state index is 6.03. The Morgan fingerprint density at radius 2 is 2.06 bits per heavy atom. The van der Waals surface area contributed by atoms with Crippen LogP contribution in [0, 0.1) is 0 Å². The highest BCUT2D eigenvalue weighted by Crippen LogP contribution is 2.19. The predicted molar refractivity (Wildman–Crippen MR) is 65.4 cm³/mol. The number of likely N-dealkylation sites (tertiary alicyclic amines) is 1. The van der Waals surface area contributed by atoms with E-state index in [0.29, 0.717) is 11.9 Å². The summed E-state index contributed by atoms with van der Waals surface area (Å²) >= 11 is 6.03. The summed E-state index contributed by atoms with van der Waals surface area (Å²) in [6.45, 7) is 1.95. The topological polar surface area (TPSA) is 29.0 Å². The third-order valence-electron chi connectivity index (χ3n) is 3.14. The Balaban J connectivity index is 2.00. The lowest BCUT2D eigenvalue weighted by Gasteiger charge is -2.27.